The Morgan fingerprint density at radius 3 is 2.62 bits per heavy atom. The van der Waals surface area contributed by atoms with Gasteiger partial charge in [0, 0.05) is 13.1 Å². The minimum Gasteiger partial charge on any atom is -0.352 e. The molecule has 1 aliphatic rings. The van der Waals surface area contributed by atoms with Crippen LogP contribution in [0, 0.1) is 5.92 Å². The van der Waals surface area contributed by atoms with Crippen molar-refractivity contribution in [3.05, 3.63) is 35.4 Å². The smallest absolute Gasteiger partial charge is 0.312 e. The Labute approximate surface area is 125 Å². The van der Waals surface area contributed by atoms with E-state index in [2.05, 4.69) is 17.4 Å². The molecular formula is C16H23N3O2. The fourth-order valence-corrected chi connectivity index (χ4v) is 2.72. The first-order valence-electron chi connectivity index (χ1n) is 7.44. The number of carbonyl (C=O) groups excluding carboxylic acids is 2. The Hall–Kier alpha value is -2.04. The van der Waals surface area contributed by atoms with Crippen molar-refractivity contribution in [2.24, 2.45) is 11.7 Å². The monoisotopic (exact) mass is 289 g/mol. The SMILES string of the molecule is CCC(C)C(NC(N)=O)C(=O)N1CCc2ccccc2C1. The molecule has 0 saturated heterocycles. The molecule has 0 radical (unpaired) electrons. The zero-order valence-electron chi connectivity index (χ0n) is 12.6. The quantitative estimate of drug-likeness (QED) is 0.884. The molecule has 1 aliphatic heterocycles. The number of urea groups is 1. The lowest BCUT2D eigenvalue weighted by Gasteiger charge is -2.33. The van der Waals surface area contributed by atoms with Crippen LogP contribution in [0.25, 0.3) is 0 Å². The zero-order valence-corrected chi connectivity index (χ0v) is 12.6. The molecule has 0 aromatic heterocycles. The summed E-state index contributed by atoms with van der Waals surface area (Å²) in [4.78, 5) is 25.7. The molecule has 0 saturated carbocycles. The van der Waals surface area contributed by atoms with Gasteiger partial charge in [0.2, 0.25) is 5.91 Å². The molecule has 5 nitrogen and oxygen atoms in total. The molecule has 2 rings (SSSR count). The molecule has 3 N–H and O–H groups in total. The van der Waals surface area contributed by atoms with E-state index in [9.17, 15) is 9.59 Å². The highest BCUT2D eigenvalue weighted by Gasteiger charge is 2.31. The van der Waals surface area contributed by atoms with Gasteiger partial charge in [0.05, 0.1) is 0 Å². The Morgan fingerprint density at radius 2 is 2.00 bits per heavy atom. The molecule has 0 spiro atoms. The van der Waals surface area contributed by atoms with Gasteiger partial charge in [-0.05, 0) is 23.5 Å². The van der Waals surface area contributed by atoms with E-state index in [-0.39, 0.29) is 11.8 Å². The van der Waals surface area contributed by atoms with Gasteiger partial charge in [-0.3, -0.25) is 4.79 Å². The minimum atomic E-state index is -0.647. The molecule has 5 heteroatoms. The van der Waals surface area contributed by atoms with Crippen molar-refractivity contribution in [1.82, 2.24) is 10.2 Å². The van der Waals surface area contributed by atoms with E-state index in [0.29, 0.717) is 13.1 Å². The maximum atomic E-state index is 12.7. The van der Waals surface area contributed by atoms with E-state index >= 15 is 0 Å². The number of nitrogens with one attached hydrogen (secondary N) is 1. The van der Waals surface area contributed by atoms with Gasteiger partial charge in [-0.1, -0.05) is 44.5 Å². The lowest BCUT2D eigenvalue weighted by Crippen LogP contribution is -2.53. The summed E-state index contributed by atoms with van der Waals surface area (Å²) in [6.07, 6.45) is 1.66. The van der Waals surface area contributed by atoms with Gasteiger partial charge in [0.15, 0.2) is 0 Å². The van der Waals surface area contributed by atoms with Gasteiger partial charge in [-0.15, -0.1) is 0 Å². The molecule has 1 heterocycles. The first kappa shape index (κ1) is 15.4. The number of primary amides is 1. The van der Waals surface area contributed by atoms with Crippen LogP contribution in [0.3, 0.4) is 0 Å². The van der Waals surface area contributed by atoms with Gasteiger partial charge in [-0.2, -0.15) is 0 Å². The number of fused-ring (bicyclic) bond motifs is 1. The number of benzene rings is 1. The van der Waals surface area contributed by atoms with Crippen LogP contribution in [-0.2, 0) is 17.8 Å². The van der Waals surface area contributed by atoms with E-state index in [1.165, 1.54) is 11.1 Å². The van der Waals surface area contributed by atoms with E-state index in [4.69, 9.17) is 5.73 Å². The van der Waals surface area contributed by atoms with Gasteiger partial charge in [0.1, 0.15) is 6.04 Å². The second-order valence-electron chi connectivity index (χ2n) is 5.65. The van der Waals surface area contributed by atoms with Crippen molar-refractivity contribution in [3.8, 4) is 0 Å². The largest absolute Gasteiger partial charge is 0.352 e. The number of hydrogen-bond acceptors (Lipinski definition) is 2. The number of nitrogens with two attached hydrogens (primary N) is 1. The Bertz CT molecular complexity index is 530. The molecule has 21 heavy (non-hydrogen) atoms. The second-order valence-corrected chi connectivity index (χ2v) is 5.65. The average molecular weight is 289 g/mol. The number of rotatable bonds is 4. The normalized spacial score (nSPS) is 16.8. The molecule has 0 aliphatic carbocycles. The zero-order chi connectivity index (χ0) is 15.4. The minimum absolute atomic E-state index is 0.0438. The summed E-state index contributed by atoms with van der Waals surface area (Å²) in [5.41, 5.74) is 7.68. The first-order chi connectivity index (χ1) is 10.0. The van der Waals surface area contributed by atoms with Crippen molar-refractivity contribution in [3.63, 3.8) is 0 Å². The summed E-state index contributed by atoms with van der Waals surface area (Å²) < 4.78 is 0. The first-order valence-corrected chi connectivity index (χ1v) is 7.44. The Kier molecular flexibility index (Phi) is 4.83. The molecule has 1 aromatic carbocycles. The van der Waals surface area contributed by atoms with Gasteiger partial charge < -0.3 is 16.0 Å². The second kappa shape index (κ2) is 6.61. The number of hydrogen-bond donors (Lipinski definition) is 2. The lowest BCUT2D eigenvalue weighted by atomic mass is 9.95. The number of nitrogens with zero attached hydrogens (tertiary/aromatic N) is 1. The van der Waals surface area contributed by atoms with Crippen LogP contribution < -0.4 is 11.1 Å². The molecule has 0 bridgehead atoms. The predicted molar refractivity (Wildman–Crippen MR) is 81.5 cm³/mol. The lowest BCUT2D eigenvalue weighted by molar-refractivity contribution is -0.135. The average Bonchev–Trinajstić information content (AvgIpc) is 2.50. The van der Waals surface area contributed by atoms with Gasteiger partial charge in [0.25, 0.3) is 0 Å². The summed E-state index contributed by atoms with van der Waals surface area (Å²) >= 11 is 0. The topological polar surface area (TPSA) is 75.4 Å². The number of carbonyl (C=O) groups is 2. The van der Waals surface area contributed by atoms with Crippen molar-refractivity contribution >= 4 is 11.9 Å². The summed E-state index contributed by atoms with van der Waals surface area (Å²) in [5, 5.41) is 2.60. The van der Waals surface area contributed by atoms with Crippen LogP contribution in [0.2, 0.25) is 0 Å². The summed E-state index contributed by atoms with van der Waals surface area (Å²) in [6.45, 7) is 5.24. The molecule has 1 aromatic rings. The highest BCUT2D eigenvalue weighted by Crippen LogP contribution is 2.20. The van der Waals surface area contributed by atoms with E-state index in [1.807, 2.05) is 30.9 Å². The highest BCUT2D eigenvalue weighted by atomic mass is 16.2. The third-order valence-electron chi connectivity index (χ3n) is 4.22. The van der Waals surface area contributed by atoms with Crippen LogP contribution in [0.4, 0.5) is 4.79 Å². The molecule has 0 fully saturated rings. The van der Waals surface area contributed by atoms with Crippen molar-refractivity contribution in [2.45, 2.75) is 39.3 Å². The van der Waals surface area contributed by atoms with Crippen molar-refractivity contribution < 1.29 is 9.59 Å². The van der Waals surface area contributed by atoms with Crippen LogP contribution in [0.5, 0.6) is 0 Å². The fraction of sp³-hybridized carbons (Fsp3) is 0.500. The highest BCUT2D eigenvalue weighted by molar-refractivity contribution is 5.87. The fourth-order valence-electron chi connectivity index (χ4n) is 2.72. The Balaban J connectivity index is 2.13. The summed E-state index contributed by atoms with van der Waals surface area (Å²) in [7, 11) is 0. The maximum absolute atomic E-state index is 12.7. The number of amides is 3. The van der Waals surface area contributed by atoms with E-state index in [1.54, 1.807) is 0 Å². The molecular weight excluding hydrogens is 266 g/mol. The molecule has 2 unspecified atom stereocenters. The molecule has 114 valence electrons. The van der Waals surface area contributed by atoms with E-state index in [0.717, 1.165) is 12.8 Å². The standard InChI is InChI=1S/C16H23N3O2/c1-3-11(2)14(18-16(17)21)15(20)19-9-8-12-6-4-5-7-13(12)10-19/h4-7,11,14H,3,8-10H2,1-2H3,(H3,17,18,21). The van der Waals surface area contributed by atoms with Gasteiger partial charge in [-0.25, -0.2) is 4.79 Å². The van der Waals surface area contributed by atoms with Crippen molar-refractivity contribution in [2.75, 3.05) is 6.54 Å². The molecule has 3 amide bonds. The summed E-state index contributed by atoms with van der Waals surface area (Å²) in [5.74, 6) is 0.0137. The third kappa shape index (κ3) is 3.54. The van der Waals surface area contributed by atoms with E-state index < -0.39 is 12.1 Å². The Morgan fingerprint density at radius 1 is 1.33 bits per heavy atom. The maximum Gasteiger partial charge on any atom is 0.312 e. The van der Waals surface area contributed by atoms with Crippen LogP contribution in [-0.4, -0.2) is 29.4 Å². The van der Waals surface area contributed by atoms with Crippen LogP contribution in [0.15, 0.2) is 24.3 Å². The third-order valence-corrected chi connectivity index (χ3v) is 4.22. The van der Waals surface area contributed by atoms with Crippen molar-refractivity contribution in [1.29, 1.82) is 0 Å². The van der Waals surface area contributed by atoms with Gasteiger partial charge >= 0.3 is 6.03 Å². The molecule has 2 atom stereocenters. The van der Waals surface area contributed by atoms with Crippen LogP contribution in [0.1, 0.15) is 31.4 Å². The van der Waals surface area contributed by atoms with Crippen LogP contribution >= 0.6 is 0 Å². The summed E-state index contributed by atoms with van der Waals surface area (Å²) in [6, 6.07) is 6.97. The predicted octanol–water partition coefficient (Wildman–Crippen LogP) is 1.65.